The smallest absolute Gasteiger partial charge is 0.148 e. The lowest BCUT2D eigenvalue weighted by Crippen LogP contribution is -1.98. The van der Waals surface area contributed by atoms with Gasteiger partial charge in [0.2, 0.25) is 0 Å². The zero-order valence-electron chi connectivity index (χ0n) is 12.0. The highest BCUT2D eigenvalue weighted by Gasteiger charge is 2.07. The molecule has 110 valence electrons. The van der Waals surface area contributed by atoms with E-state index in [0.717, 1.165) is 42.9 Å². The van der Waals surface area contributed by atoms with E-state index in [9.17, 15) is 0 Å². The van der Waals surface area contributed by atoms with Crippen molar-refractivity contribution in [2.75, 3.05) is 11.9 Å². The summed E-state index contributed by atoms with van der Waals surface area (Å²) in [7, 11) is 0. The van der Waals surface area contributed by atoms with Gasteiger partial charge in [0.1, 0.15) is 11.6 Å². The van der Waals surface area contributed by atoms with Crippen LogP contribution in [0.25, 0.3) is 10.1 Å². The monoisotopic (exact) mass is 318 g/mol. The lowest BCUT2D eigenvalue weighted by molar-refractivity contribution is 0.310. The highest BCUT2D eigenvalue weighted by Crippen LogP contribution is 2.30. The number of nitrogens with one attached hydrogen (secondary N) is 1. The number of unbranched alkanes of at least 4 members (excludes halogenated alkanes) is 1. The summed E-state index contributed by atoms with van der Waals surface area (Å²) in [6, 6.07) is 10.4. The van der Waals surface area contributed by atoms with Gasteiger partial charge in [0.25, 0.3) is 0 Å². The van der Waals surface area contributed by atoms with E-state index < -0.39 is 0 Å². The molecule has 3 nitrogen and oxygen atoms in total. The zero-order valence-corrected chi connectivity index (χ0v) is 13.6. The topological polar surface area (TPSA) is 34.1 Å². The molecule has 0 fully saturated rings. The molecule has 0 amide bonds. The number of rotatable bonds is 7. The Kier molecular flexibility index (Phi) is 4.72. The Morgan fingerprint density at radius 1 is 1.29 bits per heavy atom. The molecule has 2 aromatic heterocycles. The van der Waals surface area contributed by atoms with Crippen molar-refractivity contribution in [1.29, 1.82) is 0 Å². The van der Waals surface area contributed by atoms with Gasteiger partial charge in [0, 0.05) is 10.3 Å². The van der Waals surface area contributed by atoms with E-state index in [1.165, 1.54) is 21.1 Å². The summed E-state index contributed by atoms with van der Waals surface area (Å²) in [5.74, 6) is 1.87. The fourth-order valence-corrected chi connectivity index (χ4v) is 3.43. The SMILES string of the molecule is CCCCOc1ccc2snc(NCc3cccs3)c2c1. The second kappa shape index (κ2) is 6.91. The maximum Gasteiger partial charge on any atom is 0.148 e. The van der Waals surface area contributed by atoms with Crippen molar-refractivity contribution >= 4 is 38.8 Å². The van der Waals surface area contributed by atoms with E-state index >= 15 is 0 Å². The molecule has 0 saturated carbocycles. The summed E-state index contributed by atoms with van der Waals surface area (Å²) in [5.41, 5.74) is 0. The number of thiophene rings is 1. The highest BCUT2D eigenvalue weighted by atomic mass is 32.1. The van der Waals surface area contributed by atoms with Crippen LogP contribution in [0.1, 0.15) is 24.6 Å². The van der Waals surface area contributed by atoms with E-state index in [0.29, 0.717) is 0 Å². The molecule has 1 N–H and O–H groups in total. The van der Waals surface area contributed by atoms with E-state index in [1.807, 2.05) is 6.07 Å². The number of hydrogen-bond acceptors (Lipinski definition) is 5. The second-order valence-electron chi connectivity index (χ2n) is 4.82. The lowest BCUT2D eigenvalue weighted by Gasteiger charge is -2.06. The van der Waals surface area contributed by atoms with Crippen LogP contribution in [0.4, 0.5) is 5.82 Å². The molecule has 0 unspecified atom stereocenters. The van der Waals surface area contributed by atoms with Gasteiger partial charge in [-0.15, -0.1) is 11.3 Å². The van der Waals surface area contributed by atoms with Crippen molar-refractivity contribution in [2.45, 2.75) is 26.3 Å². The molecule has 0 bridgehead atoms. The standard InChI is InChI=1S/C16H18N2OS2/c1-2-3-8-19-12-6-7-15-14(10-12)16(18-21-15)17-11-13-5-4-9-20-13/h4-7,9-10H,2-3,8,11H2,1H3,(H,17,18). The van der Waals surface area contributed by atoms with E-state index in [-0.39, 0.29) is 0 Å². The van der Waals surface area contributed by atoms with E-state index in [1.54, 1.807) is 11.3 Å². The number of ether oxygens (including phenoxy) is 1. The van der Waals surface area contributed by atoms with Gasteiger partial charge in [-0.2, -0.15) is 4.37 Å². The van der Waals surface area contributed by atoms with Crippen LogP contribution in [-0.2, 0) is 6.54 Å². The molecule has 2 heterocycles. The molecule has 0 radical (unpaired) electrons. The molecule has 1 aromatic carbocycles. The summed E-state index contributed by atoms with van der Waals surface area (Å²) < 4.78 is 11.5. The van der Waals surface area contributed by atoms with Gasteiger partial charge in [0.05, 0.1) is 17.9 Å². The van der Waals surface area contributed by atoms with Gasteiger partial charge < -0.3 is 10.1 Å². The average molecular weight is 318 g/mol. The van der Waals surface area contributed by atoms with Crippen LogP contribution in [0, 0.1) is 0 Å². The number of nitrogens with zero attached hydrogens (tertiary/aromatic N) is 1. The van der Waals surface area contributed by atoms with Crippen molar-refractivity contribution in [1.82, 2.24) is 4.37 Å². The molecule has 5 heteroatoms. The summed E-state index contributed by atoms with van der Waals surface area (Å²) in [6.45, 7) is 3.76. The third-order valence-electron chi connectivity index (χ3n) is 3.22. The minimum Gasteiger partial charge on any atom is -0.494 e. The Morgan fingerprint density at radius 3 is 3.05 bits per heavy atom. The largest absolute Gasteiger partial charge is 0.494 e. The van der Waals surface area contributed by atoms with Crippen LogP contribution in [0.3, 0.4) is 0 Å². The first-order chi connectivity index (χ1) is 10.4. The molecule has 0 atom stereocenters. The van der Waals surface area contributed by atoms with Crippen LogP contribution in [-0.4, -0.2) is 11.0 Å². The summed E-state index contributed by atoms with van der Waals surface area (Å²) in [4.78, 5) is 1.31. The Labute approximate surface area is 132 Å². The summed E-state index contributed by atoms with van der Waals surface area (Å²) >= 11 is 3.28. The van der Waals surface area contributed by atoms with Gasteiger partial charge in [0.15, 0.2) is 0 Å². The number of aromatic nitrogens is 1. The molecule has 3 aromatic rings. The van der Waals surface area contributed by atoms with E-state index in [4.69, 9.17) is 4.74 Å². The fourth-order valence-electron chi connectivity index (χ4n) is 2.05. The number of hydrogen-bond donors (Lipinski definition) is 1. The highest BCUT2D eigenvalue weighted by molar-refractivity contribution is 7.13. The number of fused-ring (bicyclic) bond motifs is 1. The Bertz CT molecular complexity index is 691. The van der Waals surface area contributed by atoms with Crippen molar-refractivity contribution in [3.63, 3.8) is 0 Å². The fraction of sp³-hybridized carbons (Fsp3) is 0.312. The first-order valence-corrected chi connectivity index (χ1v) is 8.80. The van der Waals surface area contributed by atoms with Gasteiger partial charge in [-0.25, -0.2) is 0 Å². The van der Waals surface area contributed by atoms with Crippen LogP contribution < -0.4 is 10.1 Å². The summed E-state index contributed by atoms with van der Waals surface area (Å²) in [5, 5.41) is 6.66. The van der Waals surface area contributed by atoms with Crippen molar-refractivity contribution in [2.24, 2.45) is 0 Å². The average Bonchev–Trinajstić information content (AvgIpc) is 3.14. The molecule has 0 aliphatic heterocycles. The third kappa shape index (κ3) is 3.54. The minimum absolute atomic E-state index is 0.775. The maximum absolute atomic E-state index is 5.78. The molecular formula is C16H18N2OS2. The molecule has 0 aliphatic rings. The number of anilines is 1. The third-order valence-corrected chi connectivity index (χ3v) is 4.92. The van der Waals surface area contributed by atoms with Crippen molar-refractivity contribution in [3.05, 3.63) is 40.6 Å². The van der Waals surface area contributed by atoms with Gasteiger partial charge in [-0.05, 0) is 47.6 Å². The van der Waals surface area contributed by atoms with Gasteiger partial charge in [-0.1, -0.05) is 19.4 Å². The predicted molar refractivity (Wildman–Crippen MR) is 91.7 cm³/mol. The van der Waals surface area contributed by atoms with Crippen LogP contribution in [0.5, 0.6) is 5.75 Å². The van der Waals surface area contributed by atoms with Crippen molar-refractivity contribution < 1.29 is 4.74 Å². The molecule has 0 spiro atoms. The Hall–Kier alpha value is -1.59. The van der Waals surface area contributed by atoms with Gasteiger partial charge >= 0.3 is 0 Å². The number of benzene rings is 1. The zero-order chi connectivity index (χ0) is 14.5. The molecule has 3 rings (SSSR count). The Morgan fingerprint density at radius 2 is 2.24 bits per heavy atom. The van der Waals surface area contributed by atoms with E-state index in [2.05, 4.69) is 46.3 Å². The van der Waals surface area contributed by atoms with Crippen LogP contribution in [0.2, 0.25) is 0 Å². The quantitative estimate of drug-likeness (QED) is 0.612. The molecular weight excluding hydrogens is 300 g/mol. The maximum atomic E-state index is 5.78. The second-order valence-corrected chi connectivity index (χ2v) is 6.66. The molecule has 21 heavy (non-hydrogen) atoms. The van der Waals surface area contributed by atoms with Crippen molar-refractivity contribution in [3.8, 4) is 5.75 Å². The lowest BCUT2D eigenvalue weighted by atomic mass is 10.2. The Balaban J connectivity index is 1.74. The molecule has 0 saturated heterocycles. The predicted octanol–water partition coefficient (Wildman–Crippen LogP) is 5.15. The summed E-state index contributed by atoms with van der Waals surface area (Å²) in [6.07, 6.45) is 2.24. The minimum atomic E-state index is 0.775. The normalized spacial score (nSPS) is 10.9. The van der Waals surface area contributed by atoms with Crippen LogP contribution >= 0.6 is 22.9 Å². The first-order valence-electron chi connectivity index (χ1n) is 7.15. The van der Waals surface area contributed by atoms with Gasteiger partial charge in [-0.3, -0.25) is 0 Å². The van der Waals surface area contributed by atoms with Crippen LogP contribution in [0.15, 0.2) is 35.7 Å². The molecule has 0 aliphatic carbocycles. The first kappa shape index (κ1) is 14.4.